The first-order valence-corrected chi connectivity index (χ1v) is 8.10. The fourth-order valence-electron chi connectivity index (χ4n) is 2.77. The lowest BCUT2D eigenvalue weighted by atomic mass is 9.98. The van der Waals surface area contributed by atoms with Crippen LogP contribution in [0.3, 0.4) is 0 Å². The Kier molecular flexibility index (Phi) is 5.37. The molecule has 0 saturated heterocycles. The molecule has 0 aliphatic heterocycles. The van der Waals surface area contributed by atoms with E-state index in [1.807, 2.05) is 56.0 Å². The van der Waals surface area contributed by atoms with Crippen LogP contribution in [-0.4, -0.2) is 29.1 Å². The molecule has 4 heteroatoms. The molecule has 0 spiro atoms. The summed E-state index contributed by atoms with van der Waals surface area (Å²) in [4.78, 5) is 18.4. The average Bonchev–Trinajstić information content (AvgIpc) is 2.55. The highest BCUT2D eigenvalue weighted by Crippen LogP contribution is 2.31. The van der Waals surface area contributed by atoms with Crippen LogP contribution in [0.4, 0.5) is 5.82 Å². The molecule has 0 aliphatic rings. The molecule has 1 heterocycles. The maximum Gasteiger partial charge on any atom is 0.340 e. The van der Waals surface area contributed by atoms with Crippen molar-refractivity contribution in [3.8, 4) is 11.1 Å². The Labute approximate surface area is 137 Å². The summed E-state index contributed by atoms with van der Waals surface area (Å²) in [5.41, 5.74) is 3.99. The van der Waals surface area contributed by atoms with Gasteiger partial charge in [-0.15, -0.1) is 0 Å². The first-order valence-electron chi connectivity index (χ1n) is 8.10. The van der Waals surface area contributed by atoms with Crippen LogP contribution in [0, 0.1) is 6.92 Å². The van der Waals surface area contributed by atoms with E-state index in [1.165, 1.54) is 5.56 Å². The Morgan fingerprint density at radius 2 is 1.74 bits per heavy atom. The van der Waals surface area contributed by atoms with Crippen molar-refractivity contribution in [2.75, 3.05) is 18.0 Å². The number of anilines is 1. The van der Waals surface area contributed by atoms with Gasteiger partial charge in [-0.2, -0.15) is 0 Å². The number of rotatable bonds is 6. The normalized spacial score (nSPS) is 10.6. The van der Waals surface area contributed by atoms with Crippen molar-refractivity contribution < 1.29 is 9.90 Å². The van der Waals surface area contributed by atoms with Gasteiger partial charge in [-0.3, -0.25) is 0 Å². The van der Waals surface area contributed by atoms with E-state index >= 15 is 0 Å². The van der Waals surface area contributed by atoms with Gasteiger partial charge >= 0.3 is 5.97 Å². The van der Waals surface area contributed by atoms with Crippen molar-refractivity contribution in [2.45, 2.75) is 34.1 Å². The van der Waals surface area contributed by atoms with Gasteiger partial charge in [0.15, 0.2) is 0 Å². The maximum atomic E-state index is 11.9. The monoisotopic (exact) mass is 312 g/mol. The zero-order valence-corrected chi connectivity index (χ0v) is 14.3. The number of benzene rings is 1. The van der Waals surface area contributed by atoms with Crippen molar-refractivity contribution in [2.24, 2.45) is 0 Å². The summed E-state index contributed by atoms with van der Waals surface area (Å²) < 4.78 is 0. The number of hydrogen-bond acceptors (Lipinski definition) is 3. The van der Waals surface area contributed by atoms with Crippen molar-refractivity contribution >= 4 is 11.8 Å². The van der Waals surface area contributed by atoms with Crippen LogP contribution in [0.1, 0.15) is 42.4 Å². The summed E-state index contributed by atoms with van der Waals surface area (Å²) in [6.07, 6.45) is 0.964. The average molecular weight is 312 g/mol. The van der Waals surface area contributed by atoms with Gasteiger partial charge in [0.2, 0.25) is 0 Å². The minimum atomic E-state index is -0.936. The lowest BCUT2D eigenvalue weighted by molar-refractivity contribution is 0.0698. The Morgan fingerprint density at radius 3 is 2.22 bits per heavy atom. The molecule has 0 atom stereocenters. The van der Waals surface area contributed by atoms with Crippen LogP contribution >= 0.6 is 0 Å². The second-order valence-electron chi connectivity index (χ2n) is 5.54. The van der Waals surface area contributed by atoms with Gasteiger partial charge in [-0.25, -0.2) is 9.78 Å². The molecule has 4 nitrogen and oxygen atoms in total. The van der Waals surface area contributed by atoms with Crippen LogP contribution in [0.15, 0.2) is 30.3 Å². The first kappa shape index (κ1) is 17.0. The summed E-state index contributed by atoms with van der Waals surface area (Å²) in [7, 11) is 0. The number of nitrogens with zero attached hydrogens (tertiary/aromatic N) is 2. The van der Waals surface area contributed by atoms with E-state index < -0.39 is 5.97 Å². The Balaban J connectivity index is 2.68. The van der Waals surface area contributed by atoms with Gasteiger partial charge in [0, 0.05) is 24.3 Å². The number of pyridine rings is 1. The number of carboxylic acids is 1. The van der Waals surface area contributed by atoms with E-state index in [-0.39, 0.29) is 5.56 Å². The Morgan fingerprint density at radius 1 is 1.13 bits per heavy atom. The van der Waals surface area contributed by atoms with Crippen molar-refractivity contribution in [3.63, 3.8) is 0 Å². The van der Waals surface area contributed by atoms with Crippen molar-refractivity contribution in [1.82, 2.24) is 4.98 Å². The minimum Gasteiger partial charge on any atom is -0.478 e. The molecular formula is C19H24N2O2. The second kappa shape index (κ2) is 7.27. The lowest BCUT2D eigenvalue weighted by Gasteiger charge is -2.23. The molecule has 0 aliphatic carbocycles. The molecule has 0 fully saturated rings. The maximum absolute atomic E-state index is 11.9. The smallest absolute Gasteiger partial charge is 0.340 e. The van der Waals surface area contributed by atoms with Crippen molar-refractivity contribution in [3.05, 3.63) is 47.2 Å². The van der Waals surface area contributed by atoms with Crippen LogP contribution < -0.4 is 4.90 Å². The van der Waals surface area contributed by atoms with Crippen LogP contribution in [0.5, 0.6) is 0 Å². The molecule has 0 saturated carbocycles. The molecule has 0 bridgehead atoms. The molecule has 0 radical (unpaired) electrons. The third kappa shape index (κ3) is 3.52. The third-order valence-corrected chi connectivity index (χ3v) is 4.08. The number of aryl methyl sites for hydroxylation is 2. The number of carboxylic acid groups (broad SMARTS) is 1. The Hall–Kier alpha value is -2.36. The summed E-state index contributed by atoms with van der Waals surface area (Å²) >= 11 is 0. The van der Waals surface area contributed by atoms with E-state index in [9.17, 15) is 9.90 Å². The van der Waals surface area contributed by atoms with E-state index in [0.29, 0.717) is 5.82 Å². The summed E-state index contributed by atoms with van der Waals surface area (Å²) in [5.74, 6) is -0.383. The summed E-state index contributed by atoms with van der Waals surface area (Å²) in [6.45, 7) is 9.47. The molecular weight excluding hydrogens is 288 g/mol. The molecule has 2 rings (SSSR count). The fraction of sp³-hybridized carbons (Fsp3) is 0.368. The van der Waals surface area contributed by atoms with E-state index in [4.69, 9.17) is 0 Å². The quantitative estimate of drug-likeness (QED) is 0.870. The van der Waals surface area contributed by atoms with E-state index in [2.05, 4.69) is 11.9 Å². The van der Waals surface area contributed by atoms with E-state index in [0.717, 1.165) is 36.3 Å². The number of aromatic carboxylic acids is 1. The molecule has 2 aromatic rings. The van der Waals surface area contributed by atoms with Gasteiger partial charge in [0.25, 0.3) is 0 Å². The third-order valence-electron chi connectivity index (χ3n) is 4.08. The second-order valence-corrected chi connectivity index (χ2v) is 5.54. The number of aromatic nitrogens is 1. The number of carbonyl (C=O) groups is 1. The molecule has 0 unspecified atom stereocenters. The molecule has 1 aromatic carbocycles. The number of hydrogen-bond donors (Lipinski definition) is 1. The lowest BCUT2D eigenvalue weighted by Crippen LogP contribution is -2.26. The highest BCUT2D eigenvalue weighted by molar-refractivity contribution is 6.01. The largest absolute Gasteiger partial charge is 0.478 e. The predicted molar refractivity (Wildman–Crippen MR) is 94.3 cm³/mol. The predicted octanol–water partition coefficient (Wildman–Crippen LogP) is 4.16. The van der Waals surface area contributed by atoms with Crippen LogP contribution in [0.2, 0.25) is 0 Å². The molecule has 122 valence electrons. The van der Waals surface area contributed by atoms with Gasteiger partial charge in [-0.1, -0.05) is 31.2 Å². The Bertz CT molecular complexity index is 689. The highest BCUT2D eigenvalue weighted by Gasteiger charge is 2.22. The molecule has 1 N–H and O–H groups in total. The minimum absolute atomic E-state index is 0.281. The van der Waals surface area contributed by atoms with Crippen LogP contribution in [0.25, 0.3) is 11.1 Å². The van der Waals surface area contributed by atoms with Gasteiger partial charge < -0.3 is 10.0 Å². The molecule has 23 heavy (non-hydrogen) atoms. The molecule has 1 aromatic heterocycles. The fourth-order valence-corrected chi connectivity index (χ4v) is 2.77. The zero-order valence-electron chi connectivity index (χ0n) is 14.3. The van der Waals surface area contributed by atoms with Gasteiger partial charge in [-0.05, 0) is 44.4 Å². The molecule has 0 amide bonds. The SMILES string of the molecule is CCc1ccc(-c2cc(C)nc(N(CC)CC)c2C(=O)O)cc1. The van der Waals surface area contributed by atoms with Crippen LogP contribution in [-0.2, 0) is 6.42 Å². The zero-order chi connectivity index (χ0) is 17.0. The van der Waals surface area contributed by atoms with Gasteiger partial charge in [0.05, 0.1) is 0 Å². The summed E-state index contributed by atoms with van der Waals surface area (Å²) in [6, 6.07) is 9.94. The first-order chi connectivity index (χ1) is 11.0. The standard InChI is InChI=1S/C19H24N2O2/c1-5-14-8-10-15(11-9-14)16-12-13(4)20-18(17(16)19(22)23)21(6-2)7-3/h8-12H,5-7H2,1-4H3,(H,22,23). The highest BCUT2D eigenvalue weighted by atomic mass is 16.4. The van der Waals surface area contributed by atoms with Crippen molar-refractivity contribution in [1.29, 1.82) is 0 Å². The summed E-state index contributed by atoms with van der Waals surface area (Å²) in [5, 5.41) is 9.77. The topological polar surface area (TPSA) is 53.4 Å². The van der Waals surface area contributed by atoms with E-state index in [1.54, 1.807) is 0 Å². The van der Waals surface area contributed by atoms with Gasteiger partial charge in [0.1, 0.15) is 11.4 Å².